The van der Waals surface area contributed by atoms with Gasteiger partial charge < -0.3 is 10.2 Å². The zero-order chi connectivity index (χ0) is 13.0. The molecule has 0 aromatic heterocycles. The van der Waals surface area contributed by atoms with E-state index in [1.807, 2.05) is 36.4 Å². The molecule has 0 saturated carbocycles. The second-order valence-electron chi connectivity index (χ2n) is 5.39. The minimum atomic E-state index is -1.90. The second kappa shape index (κ2) is 3.44. The maximum Gasteiger partial charge on any atom is 0.217 e. The van der Waals surface area contributed by atoms with Crippen molar-refractivity contribution in [3.8, 4) is 0 Å². The summed E-state index contributed by atoms with van der Waals surface area (Å²) in [5.41, 5.74) is 2.87. The Morgan fingerprint density at radius 1 is 0.667 bits per heavy atom. The Morgan fingerprint density at radius 3 is 1.39 bits per heavy atom. The zero-order valence-corrected chi connectivity index (χ0v) is 10.5. The van der Waals surface area contributed by atoms with Crippen molar-refractivity contribution in [3.05, 3.63) is 70.8 Å². The summed E-state index contributed by atoms with van der Waals surface area (Å²) >= 11 is 0. The van der Waals surface area contributed by atoms with Crippen molar-refractivity contribution < 1.29 is 10.2 Å². The molecule has 0 spiro atoms. The summed E-state index contributed by atoms with van der Waals surface area (Å²) in [5, 5.41) is 20.9. The molecule has 1 aliphatic carbocycles. The van der Waals surface area contributed by atoms with Crippen molar-refractivity contribution in [2.45, 2.75) is 25.0 Å². The minimum Gasteiger partial charge on any atom is -0.358 e. The molecule has 92 valence electrons. The highest BCUT2D eigenvalue weighted by atomic mass is 16.5. The molecule has 1 aliphatic rings. The summed E-state index contributed by atoms with van der Waals surface area (Å²) in [5.74, 6) is -1.90. The topological polar surface area (TPSA) is 40.5 Å². The van der Waals surface area contributed by atoms with Gasteiger partial charge in [0.25, 0.3) is 0 Å². The van der Waals surface area contributed by atoms with Crippen LogP contribution in [0.5, 0.6) is 0 Å². The highest BCUT2D eigenvalue weighted by Gasteiger charge is 2.44. The molecular weight excluding hydrogens is 224 g/mol. The molecule has 0 unspecified atom stereocenters. The lowest BCUT2D eigenvalue weighted by Crippen LogP contribution is -2.39. The van der Waals surface area contributed by atoms with E-state index in [1.54, 1.807) is 12.1 Å². The van der Waals surface area contributed by atoms with Gasteiger partial charge in [-0.3, -0.25) is 0 Å². The number of aliphatic hydroxyl groups is 2. The molecule has 2 aromatic carbocycles. The van der Waals surface area contributed by atoms with Gasteiger partial charge >= 0.3 is 0 Å². The molecule has 3 rings (SSSR count). The van der Waals surface area contributed by atoms with Gasteiger partial charge in [-0.2, -0.15) is 0 Å². The van der Waals surface area contributed by atoms with E-state index in [9.17, 15) is 10.2 Å². The van der Waals surface area contributed by atoms with E-state index in [2.05, 4.69) is 13.8 Å². The average Bonchev–Trinajstić information content (AvgIpc) is 2.37. The van der Waals surface area contributed by atoms with Crippen LogP contribution >= 0.6 is 0 Å². The van der Waals surface area contributed by atoms with Crippen molar-refractivity contribution in [3.63, 3.8) is 0 Å². The van der Waals surface area contributed by atoms with Crippen molar-refractivity contribution >= 4 is 0 Å². The van der Waals surface area contributed by atoms with Crippen LogP contribution in [-0.4, -0.2) is 10.2 Å². The number of hydrogen-bond donors (Lipinski definition) is 2. The van der Waals surface area contributed by atoms with Crippen LogP contribution < -0.4 is 0 Å². The Kier molecular flexibility index (Phi) is 2.19. The Morgan fingerprint density at radius 2 is 1.00 bits per heavy atom. The van der Waals surface area contributed by atoms with Crippen molar-refractivity contribution in [2.75, 3.05) is 0 Å². The van der Waals surface area contributed by atoms with Gasteiger partial charge in [-0.25, -0.2) is 0 Å². The number of hydrogen-bond acceptors (Lipinski definition) is 2. The first-order chi connectivity index (χ1) is 8.45. The lowest BCUT2D eigenvalue weighted by atomic mass is 9.67. The SMILES string of the molecule is CC1(C)c2ccccc2C(O)(O)c2ccccc21. The van der Waals surface area contributed by atoms with Crippen LogP contribution in [-0.2, 0) is 11.2 Å². The Balaban J connectivity index is 2.41. The number of benzene rings is 2. The second-order valence-corrected chi connectivity index (χ2v) is 5.39. The van der Waals surface area contributed by atoms with Gasteiger partial charge in [-0.15, -0.1) is 0 Å². The molecule has 2 N–H and O–H groups in total. The van der Waals surface area contributed by atoms with E-state index in [4.69, 9.17) is 0 Å². The summed E-state index contributed by atoms with van der Waals surface area (Å²) in [7, 11) is 0. The van der Waals surface area contributed by atoms with Crippen LogP contribution in [0.15, 0.2) is 48.5 Å². The van der Waals surface area contributed by atoms with E-state index < -0.39 is 5.79 Å². The van der Waals surface area contributed by atoms with Gasteiger partial charge in [0, 0.05) is 16.5 Å². The van der Waals surface area contributed by atoms with E-state index >= 15 is 0 Å². The first kappa shape index (κ1) is 11.5. The van der Waals surface area contributed by atoms with E-state index in [-0.39, 0.29) is 5.41 Å². The van der Waals surface area contributed by atoms with Crippen LogP contribution in [0.25, 0.3) is 0 Å². The summed E-state index contributed by atoms with van der Waals surface area (Å²) in [6, 6.07) is 15.0. The molecular formula is C16H16O2. The molecule has 2 nitrogen and oxygen atoms in total. The first-order valence-electron chi connectivity index (χ1n) is 6.10. The largest absolute Gasteiger partial charge is 0.358 e. The standard InChI is InChI=1S/C16H16O2/c1-15(2)11-7-3-5-9-13(11)16(17,18)14-10-6-4-8-12(14)15/h3-10,17-18H,1-2H3. The lowest BCUT2D eigenvalue weighted by Gasteiger charge is -2.41. The van der Waals surface area contributed by atoms with Gasteiger partial charge in [0.1, 0.15) is 0 Å². The number of rotatable bonds is 0. The molecule has 0 aliphatic heterocycles. The van der Waals surface area contributed by atoms with Gasteiger partial charge in [-0.05, 0) is 11.1 Å². The summed E-state index contributed by atoms with van der Waals surface area (Å²) in [6.07, 6.45) is 0. The molecule has 2 heteroatoms. The molecule has 0 amide bonds. The van der Waals surface area contributed by atoms with Gasteiger partial charge in [0.2, 0.25) is 5.79 Å². The Hall–Kier alpha value is -1.64. The minimum absolute atomic E-state index is 0.220. The molecule has 0 atom stereocenters. The molecule has 0 fully saturated rings. The third-order valence-electron chi connectivity index (χ3n) is 3.95. The van der Waals surface area contributed by atoms with Crippen LogP contribution in [0.2, 0.25) is 0 Å². The van der Waals surface area contributed by atoms with Crippen LogP contribution in [0.4, 0.5) is 0 Å². The van der Waals surface area contributed by atoms with Crippen molar-refractivity contribution in [1.82, 2.24) is 0 Å². The van der Waals surface area contributed by atoms with Crippen LogP contribution in [0.1, 0.15) is 36.1 Å². The normalized spacial score (nSPS) is 18.9. The molecule has 18 heavy (non-hydrogen) atoms. The fourth-order valence-electron chi connectivity index (χ4n) is 2.95. The maximum atomic E-state index is 10.5. The molecule has 2 aromatic rings. The maximum absolute atomic E-state index is 10.5. The fraction of sp³-hybridized carbons (Fsp3) is 0.250. The average molecular weight is 240 g/mol. The summed E-state index contributed by atoms with van der Waals surface area (Å²) in [6.45, 7) is 4.22. The zero-order valence-electron chi connectivity index (χ0n) is 10.5. The van der Waals surface area contributed by atoms with E-state index in [0.29, 0.717) is 11.1 Å². The van der Waals surface area contributed by atoms with E-state index in [0.717, 1.165) is 11.1 Å². The molecule has 0 radical (unpaired) electrons. The summed E-state index contributed by atoms with van der Waals surface area (Å²) < 4.78 is 0. The molecule has 0 bridgehead atoms. The van der Waals surface area contributed by atoms with Gasteiger partial charge in [-0.1, -0.05) is 62.4 Å². The Bertz CT molecular complexity index is 506. The van der Waals surface area contributed by atoms with Crippen LogP contribution in [0.3, 0.4) is 0 Å². The van der Waals surface area contributed by atoms with E-state index in [1.165, 1.54) is 0 Å². The highest BCUT2D eigenvalue weighted by Crippen LogP contribution is 2.47. The van der Waals surface area contributed by atoms with Crippen molar-refractivity contribution in [1.29, 1.82) is 0 Å². The third kappa shape index (κ3) is 1.30. The Labute approximate surface area is 107 Å². The highest BCUT2D eigenvalue weighted by molar-refractivity contribution is 5.55. The quantitative estimate of drug-likeness (QED) is 0.695. The first-order valence-corrected chi connectivity index (χ1v) is 6.10. The molecule has 0 heterocycles. The van der Waals surface area contributed by atoms with Crippen molar-refractivity contribution in [2.24, 2.45) is 0 Å². The number of fused-ring (bicyclic) bond motifs is 2. The predicted molar refractivity (Wildman–Crippen MR) is 70.2 cm³/mol. The third-order valence-corrected chi connectivity index (χ3v) is 3.95. The van der Waals surface area contributed by atoms with Crippen LogP contribution in [0, 0.1) is 0 Å². The fourth-order valence-corrected chi connectivity index (χ4v) is 2.95. The predicted octanol–water partition coefficient (Wildman–Crippen LogP) is 2.51. The molecule has 0 saturated heterocycles. The lowest BCUT2D eigenvalue weighted by molar-refractivity contribution is -0.136. The summed E-state index contributed by atoms with van der Waals surface area (Å²) in [4.78, 5) is 0. The monoisotopic (exact) mass is 240 g/mol. The smallest absolute Gasteiger partial charge is 0.217 e. The van der Waals surface area contributed by atoms with Gasteiger partial charge in [0.05, 0.1) is 0 Å². The van der Waals surface area contributed by atoms with Gasteiger partial charge in [0.15, 0.2) is 0 Å².